The van der Waals surface area contributed by atoms with Gasteiger partial charge in [0.15, 0.2) is 0 Å². The van der Waals surface area contributed by atoms with Crippen molar-refractivity contribution in [3.63, 3.8) is 0 Å². The van der Waals surface area contributed by atoms with Crippen molar-refractivity contribution in [3.8, 4) is 17.2 Å². The van der Waals surface area contributed by atoms with E-state index in [0.29, 0.717) is 51.2 Å². The maximum absolute atomic E-state index is 14.4. The highest BCUT2D eigenvalue weighted by Crippen LogP contribution is 2.32. The maximum atomic E-state index is 14.4. The summed E-state index contributed by atoms with van der Waals surface area (Å²) >= 11 is 0. The van der Waals surface area contributed by atoms with E-state index in [1.165, 1.54) is 9.13 Å². The number of aryl methyl sites for hydroxylation is 2. The van der Waals surface area contributed by atoms with Crippen molar-refractivity contribution >= 4 is 10.9 Å². The van der Waals surface area contributed by atoms with Crippen LogP contribution in [-0.2, 0) is 13.1 Å². The minimum Gasteiger partial charge on any atom is -0.310 e. The van der Waals surface area contributed by atoms with Gasteiger partial charge in [-0.1, -0.05) is 0 Å². The molecule has 2 aromatic carbocycles. The zero-order chi connectivity index (χ0) is 25.1. The van der Waals surface area contributed by atoms with Gasteiger partial charge in [0.1, 0.15) is 18.3 Å². The maximum Gasteiger partial charge on any atom is 0.338 e. The molecule has 0 unspecified atom stereocenters. The van der Waals surface area contributed by atoms with E-state index >= 15 is 0 Å². The van der Waals surface area contributed by atoms with E-state index < -0.39 is 6.67 Å². The highest BCUT2D eigenvalue weighted by molar-refractivity contribution is 5.84. The number of hydrogen-bond acceptors (Lipinski definition) is 4. The topological polar surface area (TPSA) is 85.5 Å². The number of rotatable bonds is 4. The number of aromatic amines is 1. The molecule has 184 valence electrons. The minimum absolute atomic E-state index is 0.0425. The summed E-state index contributed by atoms with van der Waals surface area (Å²) in [4.78, 5) is 13.8. The summed E-state index contributed by atoms with van der Waals surface area (Å²) in [5.41, 5.74) is 4.66. The Balaban J connectivity index is 1.60. The summed E-state index contributed by atoms with van der Waals surface area (Å²) < 4.78 is 33.2. The third kappa shape index (κ3) is 3.25. The molecule has 4 heterocycles. The molecule has 6 rings (SSSR count). The molecular formula is C26H25F2N7O. The monoisotopic (exact) mass is 489 g/mol. The quantitative estimate of drug-likeness (QED) is 0.398. The Bertz CT molecular complexity index is 1670. The Morgan fingerprint density at radius 3 is 2.64 bits per heavy atom. The van der Waals surface area contributed by atoms with Crippen molar-refractivity contribution in [2.24, 2.45) is 0 Å². The molecule has 36 heavy (non-hydrogen) atoms. The van der Waals surface area contributed by atoms with Crippen molar-refractivity contribution in [1.29, 1.82) is 0 Å². The van der Waals surface area contributed by atoms with Gasteiger partial charge in [0, 0.05) is 47.9 Å². The summed E-state index contributed by atoms with van der Waals surface area (Å²) in [6.45, 7) is 5.49. The molecule has 0 saturated heterocycles. The smallest absolute Gasteiger partial charge is 0.310 e. The molecular weight excluding hydrogens is 464 g/mol. The minimum atomic E-state index is -0.744. The Hall–Kier alpha value is -4.05. The molecule has 0 radical (unpaired) electrons. The van der Waals surface area contributed by atoms with Crippen LogP contribution in [0.15, 0.2) is 47.7 Å². The van der Waals surface area contributed by atoms with Crippen LogP contribution in [0, 0.1) is 19.7 Å². The standard InChI is InChI=1S/C26H25F2N7O/c1-14-10-17(11-15(2)24(14)28)35-25(23-16(3)29-7-6-21(23)32-35)34-9-8-33(26(34)36)22-5-4-20-19(13-30-31-20)18(22)12-27/h4-5,8-11,13,16,29H,6-7,12H2,1-3H3,(H,30,31)/t16-/m0/s1. The van der Waals surface area contributed by atoms with Gasteiger partial charge in [-0.15, -0.1) is 0 Å². The first-order valence-electron chi connectivity index (χ1n) is 11.8. The van der Waals surface area contributed by atoms with Crippen LogP contribution >= 0.6 is 0 Å². The van der Waals surface area contributed by atoms with Gasteiger partial charge in [0.25, 0.3) is 0 Å². The van der Waals surface area contributed by atoms with Gasteiger partial charge in [0.05, 0.1) is 28.8 Å². The lowest BCUT2D eigenvalue weighted by Gasteiger charge is -2.21. The van der Waals surface area contributed by atoms with Crippen LogP contribution in [0.1, 0.15) is 40.9 Å². The average molecular weight is 490 g/mol. The van der Waals surface area contributed by atoms with E-state index in [1.807, 2.05) is 6.92 Å². The number of hydrogen-bond donors (Lipinski definition) is 2. The summed E-state index contributed by atoms with van der Waals surface area (Å²) in [6, 6.07) is 6.92. The normalized spacial score (nSPS) is 15.5. The van der Waals surface area contributed by atoms with E-state index in [0.717, 1.165) is 17.8 Å². The molecule has 2 N–H and O–H groups in total. The Kier molecular flexibility index (Phi) is 5.15. The summed E-state index contributed by atoms with van der Waals surface area (Å²) in [6.07, 6.45) is 5.57. The predicted octanol–water partition coefficient (Wildman–Crippen LogP) is 4.12. The second-order valence-corrected chi connectivity index (χ2v) is 9.26. The third-order valence-electron chi connectivity index (χ3n) is 6.99. The molecule has 3 aromatic heterocycles. The molecule has 1 aliphatic rings. The van der Waals surface area contributed by atoms with Crippen LogP contribution in [0.25, 0.3) is 28.1 Å². The summed E-state index contributed by atoms with van der Waals surface area (Å²) in [7, 11) is 0. The van der Waals surface area contributed by atoms with Gasteiger partial charge in [0.2, 0.25) is 0 Å². The lowest BCUT2D eigenvalue weighted by Crippen LogP contribution is -2.30. The molecule has 1 atom stereocenters. The van der Waals surface area contributed by atoms with Crippen molar-refractivity contribution in [1.82, 2.24) is 34.4 Å². The fourth-order valence-corrected chi connectivity index (χ4v) is 5.21. The van der Waals surface area contributed by atoms with Crippen LogP contribution in [0.4, 0.5) is 8.78 Å². The van der Waals surface area contributed by atoms with Gasteiger partial charge in [-0.3, -0.25) is 14.2 Å². The fraction of sp³-hybridized carbons (Fsp3) is 0.269. The lowest BCUT2D eigenvalue weighted by atomic mass is 10.0. The number of halogens is 2. The number of benzene rings is 2. The van der Waals surface area contributed by atoms with E-state index in [9.17, 15) is 13.6 Å². The highest BCUT2D eigenvalue weighted by atomic mass is 19.1. The molecule has 5 aromatic rings. The SMILES string of the molecule is Cc1cc(-n2nc3c(c2-n2ccn(-c4ccc5[nH]ncc5c4CF)c2=O)[C@H](C)NCC3)cc(C)c1F. The van der Waals surface area contributed by atoms with Gasteiger partial charge in [-0.25, -0.2) is 18.3 Å². The average Bonchev–Trinajstić information content (AvgIpc) is 3.58. The van der Waals surface area contributed by atoms with Crippen LogP contribution in [-0.4, -0.2) is 35.7 Å². The van der Waals surface area contributed by atoms with E-state index in [1.54, 1.807) is 61.4 Å². The molecule has 0 bridgehead atoms. The second kappa shape index (κ2) is 8.27. The third-order valence-corrected chi connectivity index (χ3v) is 6.99. The van der Waals surface area contributed by atoms with Gasteiger partial charge in [-0.2, -0.15) is 10.2 Å². The van der Waals surface area contributed by atoms with E-state index in [2.05, 4.69) is 15.5 Å². The highest BCUT2D eigenvalue weighted by Gasteiger charge is 2.29. The van der Waals surface area contributed by atoms with Crippen molar-refractivity contribution in [2.75, 3.05) is 6.54 Å². The van der Waals surface area contributed by atoms with Crippen molar-refractivity contribution < 1.29 is 8.78 Å². The number of alkyl halides is 1. The molecule has 0 amide bonds. The fourth-order valence-electron chi connectivity index (χ4n) is 5.21. The number of nitrogens with zero attached hydrogens (tertiary/aromatic N) is 5. The van der Waals surface area contributed by atoms with E-state index in [-0.39, 0.29) is 17.5 Å². The van der Waals surface area contributed by atoms with Gasteiger partial charge >= 0.3 is 5.69 Å². The largest absolute Gasteiger partial charge is 0.338 e. The number of nitrogens with one attached hydrogen (secondary N) is 2. The van der Waals surface area contributed by atoms with Crippen molar-refractivity contribution in [3.05, 3.63) is 87.1 Å². The number of fused-ring (bicyclic) bond motifs is 2. The molecule has 0 aliphatic carbocycles. The molecule has 0 spiro atoms. The summed E-state index contributed by atoms with van der Waals surface area (Å²) in [5.74, 6) is 0.328. The number of aromatic nitrogens is 6. The van der Waals surface area contributed by atoms with Crippen LogP contribution < -0.4 is 11.0 Å². The van der Waals surface area contributed by atoms with Gasteiger partial charge in [-0.05, 0) is 56.2 Å². The van der Waals surface area contributed by atoms with Gasteiger partial charge < -0.3 is 5.32 Å². The first-order chi connectivity index (χ1) is 17.4. The van der Waals surface area contributed by atoms with Crippen LogP contribution in [0.2, 0.25) is 0 Å². The molecule has 1 aliphatic heterocycles. The predicted molar refractivity (Wildman–Crippen MR) is 133 cm³/mol. The van der Waals surface area contributed by atoms with Crippen molar-refractivity contribution in [2.45, 2.75) is 39.9 Å². The molecule has 0 fully saturated rings. The summed E-state index contributed by atoms with van der Waals surface area (Å²) in [5, 5.41) is 15.8. The first-order valence-corrected chi connectivity index (χ1v) is 11.8. The zero-order valence-corrected chi connectivity index (χ0v) is 20.1. The Labute approximate surface area is 205 Å². The molecule has 10 heteroatoms. The number of imidazole rings is 1. The molecule has 0 saturated carbocycles. The van der Waals surface area contributed by atoms with Crippen LogP contribution in [0.3, 0.4) is 0 Å². The molecule has 8 nitrogen and oxygen atoms in total. The lowest BCUT2D eigenvalue weighted by molar-refractivity contribution is 0.486. The first kappa shape index (κ1) is 22.4. The number of H-pyrrole nitrogens is 1. The zero-order valence-electron chi connectivity index (χ0n) is 20.1. The Morgan fingerprint density at radius 2 is 1.89 bits per heavy atom. The van der Waals surface area contributed by atoms with E-state index in [4.69, 9.17) is 5.10 Å². The Morgan fingerprint density at radius 1 is 1.14 bits per heavy atom. The second-order valence-electron chi connectivity index (χ2n) is 9.26. The van der Waals surface area contributed by atoms with Crippen LogP contribution in [0.5, 0.6) is 0 Å².